The SMILES string of the molecule is O=C(Nc1ccc(Cl)c(Cl)c1)N1CCN(C[C@@H]2CCCN(CCc3cnc[nH]3)C2)CC1. The van der Waals surface area contributed by atoms with Crippen LogP contribution in [0.1, 0.15) is 18.5 Å². The summed E-state index contributed by atoms with van der Waals surface area (Å²) in [5, 5.41) is 3.84. The third kappa shape index (κ3) is 6.35. The molecule has 2 aromatic rings. The van der Waals surface area contributed by atoms with Crippen LogP contribution in [0.15, 0.2) is 30.7 Å². The van der Waals surface area contributed by atoms with Gasteiger partial charge in [0.15, 0.2) is 0 Å². The average molecular weight is 465 g/mol. The number of hydrogen-bond acceptors (Lipinski definition) is 4. The zero-order valence-electron chi connectivity index (χ0n) is 17.7. The summed E-state index contributed by atoms with van der Waals surface area (Å²) in [6.45, 7) is 7.86. The number of carbonyl (C=O) groups is 1. The second kappa shape index (κ2) is 10.7. The van der Waals surface area contributed by atoms with E-state index in [1.54, 1.807) is 24.5 Å². The summed E-state index contributed by atoms with van der Waals surface area (Å²) in [5.74, 6) is 0.701. The number of imidazole rings is 1. The lowest BCUT2D eigenvalue weighted by molar-refractivity contribution is 0.101. The maximum atomic E-state index is 12.6. The van der Waals surface area contributed by atoms with Gasteiger partial charge in [-0.05, 0) is 43.5 Å². The van der Waals surface area contributed by atoms with E-state index in [9.17, 15) is 4.79 Å². The number of H-pyrrole nitrogens is 1. The molecule has 2 aliphatic rings. The number of urea groups is 1. The standard InChI is InChI=1S/C22H30Cl2N6O/c23-20-4-3-18(12-21(20)24)27-22(31)30-10-8-29(9-11-30)15-17-2-1-6-28(14-17)7-5-19-13-25-16-26-19/h3-4,12-13,16-17H,1-2,5-11,14-15H2,(H,25,26)(H,27,31)/t17-/m1/s1. The third-order valence-corrected chi connectivity index (χ3v) is 6.94. The van der Waals surface area contributed by atoms with Crippen LogP contribution in [0.3, 0.4) is 0 Å². The summed E-state index contributed by atoms with van der Waals surface area (Å²) in [6.07, 6.45) is 7.25. The van der Waals surface area contributed by atoms with Crippen LogP contribution >= 0.6 is 23.2 Å². The number of carbonyl (C=O) groups excluding carboxylic acids is 1. The molecule has 2 saturated heterocycles. The van der Waals surface area contributed by atoms with Gasteiger partial charge in [-0.3, -0.25) is 4.90 Å². The van der Waals surface area contributed by atoms with Crippen LogP contribution in [0, 0.1) is 5.92 Å². The zero-order valence-corrected chi connectivity index (χ0v) is 19.2. The predicted octanol–water partition coefficient (Wildman–Crippen LogP) is 3.82. The highest BCUT2D eigenvalue weighted by Crippen LogP contribution is 2.25. The molecule has 0 saturated carbocycles. The Morgan fingerprint density at radius 1 is 1.13 bits per heavy atom. The Kier molecular flexibility index (Phi) is 7.72. The second-order valence-corrected chi connectivity index (χ2v) is 9.30. The van der Waals surface area contributed by atoms with Crippen molar-refractivity contribution in [1.82, 2.24) is 24.7 Å². The van der Waals surface area contributed by atoms with Crippen LogP contribution in [-0.2, 0) is 6.42 Å². The van der Waals surface area contributed by atoms with Crippen LogP contribution in [-0.4, -0.2) is 83.1 Å². The van der Waals surface area contributed by atoms with Crippen LogP contribution in [0.25, 0.3) is 0 Å². The van der Waals surface area contributed by atoms with Crippen molar-refractivity contribution in [2.45, 2.75) is 19.3 Å². The summed E-state index contributed by atoms with van der Waals surface area (Å²) >= 11 is 12.0. The number of piperazine rings is 1. The lowest BCUT2D eigenvalue weighted by Crippen LogP contribution is -2.52. The van der Waals surface area contributed by atoms with Crippen molar-refractivity contribution >= 4 is 34.9 Å². The summed E-state index contributed by atoms with van der Waals surface area (Å²) in [7, 11) is 0. The van der Waals surface area contributed by atoms with Crippen molar-refractivity contribution in [3.8, 4) is 0 Å². The minimum atomic E-state index is -0.0827. The molecule has 0 radical (unpaired) electrons. The minimum Gasteiger partial charge on any atom is -0.348 e. The summed E-state index contributed by atoms with van der Waals surface area (Å²) < 4.78 is 0. The number of hydrogen-bond donors (Lipinski definition) is 2. The first-order valence-corrected chi connectivity index (χ1v) is 11.8. The van der Waals surface area contributed by atoms with E-state index in [2.05, 4.69) is 25.1 Å². The Morgan fingerprint density at radius 2 is 1.97 bits per heavy atom. The topological polar surface area (TPSA) is 67.5 Å². The molecule has 2 amide bonds. The van der Waals surface area contributed by atoms with E-state index in [1.807, 2.05) is 11.1 Å². The number of rotatable bonds is 6. The molecule has 31 heavy (non-hydrogen) atoms. The first-order chi connectivity index (χ1) is 15.1. The van der Waals surface area contributed by atoms with Gasteiger partial charge >= 0.3 is 6.03 Å². The molecule has 3 heterocycles. The highest BCUT2D eigenvalue weighted by atomic mass is 35.5. The molecule has 7 nitrogen and oxygen atoms in total. The van der Waals surface area contributed by atoms with Gasteiger partial charge < -0.3 is 20.1 Å². The Labute approximate surface area is 193 Å². The van der Waals surface area contributed by atoms with Gasteiger partial charge in [-0.2, -0.15) is 0 Å². The van der Waals surface area contributed by atoms with Gasteiger partial charge in [-0.15, -0.1) is 0 Å². The third-order valence-electron chi connectivity index (χ3n) is 6.20. The lowest BCUT2D eigenvalue weighted by Gasteiger charge is -2.39. The van der Waals surface area contributed by atoms with E-state index in [0.29, 0.717) is 21.7 Å². The number of aromatic amines is 1. The number of aromatic nitrogens is 2. The van der Waals surface area contributed by atoms with Gasteiger partial charge in [0, 0.05) is 69.8 Å². The molecule has 0 unspecified atom stereocenters. The Balaban J connectivity index is 1.18. The number of amides is 2. The quantitative estimate of drug-likeness (QED) is 0.681. The molecule has 0 bridgehead atoms. The summed E-state index contributed by atoms with van der Waals surface area (Å²) in [4.78, 5) is 26.8. The first-order valence-electron chi connectivity index (χ1n) is 11.0. The smallest absolute Gasteiger partial charge is 0.321 e. The average Bonchev–Trinajstić information content (AvgIpc) is 3.29. The number of likely N-dealkylation sites (tertiary alicyclic amines) is 1. The van der Waals surface area contributed by atoms with Crippen LogP contribution < -0.4 is 5.32 Å². The van der Waals surface area contributed by atoms with E-state index in [4.69, 9.17) is 23.2 Å². The van der Waals surface area contributed by atoms with Crippen molar-refractivity contribution in [2.24, 2.45) is 5.92 Å². The number of piperidine rings is 1. The van der Waals surface area contributed by atoms with Crippen molar-refractivity contribution in [3.05, 3.63) is 46.5 Å². The van der Waals surface area contributed by atoms with Crippen molar-refractivity contribution in [1.29, 1.82) is 0 Å². The highest BCUT2D eigenvalue weighted by Gasteiger charge is 2.26. The second-order valence-electron chi connectivity index (χ2n) is 8.48. The van der Waals surface area contributed by atoms with Gasteiger partial charge in [-0.25, -0.2) is 9.78 Å². The van der Waals surface area contributed by atoms with Gasteiger partial charge in [0.05, 0.1) is 16.4 Å². The molecule has 4 rings (SSSR count). The number of halogens is 2. The molecule has 168 valence electrons. The van der Waals surface area contributed by atoms with Crippen LogP contribution in [0.4, 0.5) is 10.5 Å². The van der Waals surface area contributed by atoms with Crippen molar-refractivity contribution < 1.29 is 4.79 Å². The number of benzene rings is 1. The van der Waals surface area contributed by atoms with Gasteiger partial charge in [0.1, 0.15) is 0 Å². The number of nitrogens with zero attached hydrogens (tertiary/aromatic N) is 4. The molecule has 2 fully saturated rings. The molecule has 9 heteroatoms. The van der Waals surface area contributed by atoms with Crippen molar-refractivity contribution in [3.63, 3.8) is 0 Å². The first kappa shape index (κ1) is 22.4. The molecule has 2 aliphatic heterocycles. The fourth-order valence-electron chi connectivity index (χ4n) is 4.48. The Morgan fingerprint density at radius 3 is 2.71 bits per heavy atom. The van der Waals surface area contributed by atoms with E-state index in [1.165, 1.54) is 25.1 Å². The normalized spacial score (nSPS) is 20.7. The fourth-order valence-corrected chi connectivity index (χ4v) is 4.78. The van der Waals surface area contributed by atoms with Crippen LogP contribution in [0.5, 0.6) is 0 Å². The largest absolute Gasteiger partial charge is 0.348 e. The summed E-state index contributed by atoms with van der Waals surface area (Å²) in [5.41, 5.74) is 1.87. The Hall–Kier alpha value is -1.80. The monoisotopic (exact) mass is 464 g/mol. The molecule has 2 N–H and O–H groups in total. The van der Waals surface area contributed by atoms with Gasteiger partial charge in [0.25, 0.3) is 0 Å². The molecule has 0 spiro atoms. The van der Waals surface area contributed by atoms with E-state index >= 15 is 0 Å². The number of anilines is 1. The minimum absolute atomic E-state index is 0.0827. The molecular weight excluding hydrogens is 435 g/mol. The maximum Gasteiger partial charge on any atom is 0.321 e. The molecule has 0 aliphatic carbocycles. The molecule has 1 atom stereocenters. The lowest BCUT2D eigenvalue weighted by atomic mass is 9.97. The molecular formula is C22H30Cl2N6O. The number of nitrogens with one attached hydrogen (secondary N) is 2. The van der Waals surface area contributed by atoms with E-state index < -0.39 is 0 Å². The van der Waals surface area contributed by atoms with Crippen LogP contribution in [0.2, 0.25) is 10.0 Å². The Bertz CT molecular complexity index is 854. The maximum absolute atomic E-state index is 12.6. The van der Waals surface area contributed by atoms with E-state index in [-0.39, 0.29) is 6.03 Å². The highest BCUT2D eigenvalue weighted by molar-refractivity contribution is 6.42. The van der Waals surface area contributed by atoms with Gasteiger partial charge in [-0.1, -0.05) is 23.2 Å². The van der Waals surface area contributed by atoms with Gasteiger partial charge in [0.2, 0.25) is 0 Å². The zero-order chi connectivity index (χ0) is 21.6. The fraction of sp³-hybridized carbons (Fsp3) is 0.545. The molecule has 1 aromatic heterocycles. The van der Waals surface area contributed by atoms with Crippen molar-refractivity contribution in [2.75, 3.05) is 57.7 Å². The predicted molar refractivity (Wildman–Crippen MR) is 125 cm³/mol. The summed E-state index contributed by atoms with van der Waals surface area (Å²) in [6, 6.07) is 5.06. The van der Waals surface area contributed by atoms with E-state index in [0.717, 1.165) is 52.2 Å². The molecule has 1 aromatic carbocycles.